The molecule has 2 heteroatoms. The number of terminal acetylenes is 1. The minimum atomic E-state index is 0.808. The van der Waals surface area contributed by atoms with Crippen LogP contribution in [0.5, 0.6) is 0 Å². The van der Waals surface area contributed by atoms with Crippen molar-refractivity contribution in [1.82, 2.24) is 4.57 Å². The highest BCUT2D eigenvalue weighted by Crippen LogP contribution is 2.43. The monoisotopic (exact) mass is 450 g/mol. The molecule has 0 aliphatic heterocycles. The Hall–Kier alpha value is -4.22. The summed E-state index contributed by atoms with van der Waals surface area (Å²) in [4.78, 5) is 0. The number of fused-ring (bicyclic) bond motifs is 6. The molecule has 0 spiro atoms. The van der Waals surface area contributed by atoms with E-state index in [2.05, 4.69) is 83.3 Å². The van der Waals surface area contributed by atoms with Gasteiger partial charge in [0.05, 0.1) is 11.2 Å². The highest BCUT2D eigenvalue weighted by atomic mass is 15.0. The van der Waals surface area contributed by atoms with Crippen LogP contribution in [0.1, 0.15) is 40.8 Å². The maximum Gasteiger partial charge on any atom is 0.0693 e. The summed E-state index contributed by atoms with van der Waals surface area (Å²) >= 11 is 0. The third-order valence-corrected chi connectivity index (χ3v) is 7.82. The van der Waals surface area contributed by atoms with Gasteiger partial charge in [-0.15, -0.1) is 6.42 Å². The van der Waals surface area contributed by atoms with Gasteiger partial charge in [0.25, 0.3) is 0 Å². The van der Waals surface area contributed by atoms with E-state index in [0.717, 1.165) is 36.2 Å². The Morgan fingerprint density at radius 1 is 0.771 bits per heavy atom. The number of aromatic nitrogens is 1. The molecule has 2 aliphatic rings. The molecule has 0 saturated carbocycles. The fourth-order valence-electron chi connectivity index (χ4n) is 6.24. The topological polar surface area (TPSA) is 30.9 Å². The van der Waals surface area contributed by atoms with Gasteiger partial charge in [-0.1, -0.05) is 54.5 Å². The summed E-state index contributed by atoms with van der Waals surface area (Å²) in [6.07, 6.45) is 11.8. The number of hydrogen-bond donors (Lipinski definition) is 1. The first-order valence-corrected chi connectivity index (χ1v) is 12.5. The molecular weight excluding hydrogens is 424 g/mol. The molecule has 0 radical (unpaired) electrons. The third kappa shape index (κ3) is 2.98. The molecule has 0 unspecified atom stereocenters. The number of nitrogens with two attached hydrogens (primary N) is 1. The largest absolute Gasteiger partial charge is 0.399 e. The van der Waals surface area contributed by atoms with Crippen molar-refractivity contribution in [3.63, 3.8) is 0 Å². The zero-order valence-electron chi connectivity index (χ0n) is 19.6. The van der Waals surface area contributed by atoms with Crippen molar-refractivity contribution in [2.75, 3.05) is 5.73 Å². The number of aryl methyl sites for hydroxylation is 1. The van der Waals surface area contributed by atoms with Crippen LogP contribution in [-0.4, -0.2) is 4.57 Å². The maximum absolute atomic E-state index is 6.16. The van der Waals surface area contributed by atoms with Crippen LogP contribution in [0, 0.1) is 12.3 Å². The second-order valence-electron chi connectivity index (χ2n) is 9.80. The number of hydrogen-bond acceptors (Lipinski definition) is 1. The first-order chi connectivity index (χ1) is 17.2. The Morgan fingerprint density at radius 3 is 2.46 bits per heavy atom. The van der Waals surface area contributed by atoms with Crippen molar-refractivity contribution in [3.8, 4) is 40.3 Å². The van der Waals surface area contributed by atoms with E-state index in [4.69, 9.17) is 12.2 Å². The molecule has 0 atom stereocenters. The molecule has 2 N–H and O–H groups in total. The van der Waals surface area contributed by atoms with Gasteiger partial charge in [0.1, 0.15) is 0 Å². The van der Waals surface area contributed by atoms with Gasteiger partial charge in [-0.2, -0.15) is 0 Å². The maximum atomic E-state index is 6.16. The summed E-state index contributed by atoms with van der Waals surface area (Å²) in [7, 11) is 0. The second kappa shape index (κ2) is 7.65. The minimum absolute atomic E-state index is 0.808. The molecule has 1 aromatic heterocycles. The normalized spacial score (nSPS) is 13.8. The number of nitrogens with zero attached hydrogens (tertiary/aromatic N) is 1. The van der Waals surface area contributed by atoms with Crippen molar-refractivity contribution in [3.05, 3.63) is 107 Å². The summed E-state index contributed by atoms with van der Waals surface area (Å²) in [5.74, 6) is 3.00. The number of rotatable bonds is 2. The van der Waals surface area contributed by atoms with Gasteiger partial charge in [0.15, 0.2) is 0 Å². The minimum Gasteiger partial charge on any atom is -0.399 e. The SMILES string of the molecule is C#Cc1cccc(-c2ccc3c(c2)-c2cc(N)ccc2C3)c1-n1c2c(c3ccccc31)CCCC2. The van der Waals surface area contributed by atoms with E-state index in [1.54, 1.807) is 0 Å². The molecule has 0 saturated heterocycles. The number of benzene rings is 4. The van der Waals surface area contributed by atoms with E-state index in [0.29, 0.717) is 0 Å². The average Bonchev–Trinajstić information content (AvgIpc) is 3.43. The molecule has 1 heterocycles. The van der Waals surface area contributed by atoms with Crippen LogP contribution in [0.4, 0.5) is 5.69 Å². The Bertz CT molecular complexity index is 1690. The van der Waals surface area contributed by atoms with Crippen LogP contribution in [0.25, 0.3) is 38.8 Å². The molecule has 7 rings (SSSR count). The quantitative estimate of drug-likeness (QED) is 0.218. The van der Waals surface area contributed by atoms with Gasteiger partial charge < -0.3 is 10.3 Å². The Labute approximate surface area is 206 Å². The van der Waals surface area contributed by atoms with Crippen LogP contribution in [0.3, 0.4) is 0 Å². The fourth-order valence-corrected chi connectivity index (χ4v) is 6.24. The molecule has 4 aromatic carbocycles. The zero-order valence-corrected chi connectivity index (χ0v) is 19.6. The lowest BCUT2D eigenvalue weighted by Gasteiger charge is -2.20. The van der Waals surface area contributed by atoms with Crippen molar-refractivity contribution >= 4 is 16.6 Å². The van der Waals surface area contributed by atoms with E-state index >= 15 is 0 Å². The first-order valence-electron chi connectivity index (χ1n) is 12.5. The molecule has 168 valence electrons. The molecular formula is C33H26N2. The van der Waals surface area contributed by atoms with E-state index in [9.17, 15) is 0 Å². The smallest absolute Gasteiger partial charge is 0.0693 e. The number of anilines is 1. The molecule has 2 aliphatic carbocycles. The highest BCUT2D eigenvalue weighted by Gasteiger charge is 2.25. The van der Waals surface area contributed by atoms with Gasteiger partial charge in [0, 0.05) is 27.9 Å². The third-order valence-electron chi connectivity index (χ3n) is 7.82. The van der Waals surface area contributed by atoms with Crippen molar-refractivity contribution in [2.45, 2.75) is 32.1 Å². The average molecular weight is 451 g/mol. The Kier molecular flexibility index (Phi) is 4.41. The fraction of sp³-hybridized carbons (Fsp3) is 0.152. The standard InChI is InChI=1S/C33H26N2/c1-2-21-8-7-11-26(24-15-14-22-18-23-16-17-25(34)20-30(23)29(22)19-24)33(21)35-31-12-5-3-9-27(31)28-10-4-6-13-32(28)35/h1,3,5,7-9,11-12,14-17,19-20H,4,6,10,13,18,34H2. The van der Waals surface area contributed by atoms with Gasteiger partial charge in [-0.25, -0.2) is 0 Å². The summed E-state index contributed by atoms with van der Waals surface area (Å²) in [5.41, 5.74) is 20.8. The number of para-hydroxylation sites is 2. The second-order valence-corrected chi connectivity index (χ2v) is 9.80. The van der Waals surface area contributed by atoms with Crippen molar-refractivity contribution in [1.29, 1.82) is 0 Å². The van der Waals surface area contributed by atoms with Crippen molar-refractivity contribution in [2.24, 2.45) is 0 Å². The molecule has 2 nitrogen and oxygen atoms in total. The summed E-state index contributed by atoms with van der Waals surface area (Å²) < 4.78 is 2.47. The Balaban J connectivity index is 1.51. The lowest BCUT2D eigenvalue weighted by Crippen LogP contribution is -2.09. The number of nitrogen functional groups attached to an aromatic ring is 1. The predicted molar refractivity (Wildman–Crippen MR) is 146 cm³/mol. The first kappa shape index (κ1) is 20.2. The highest BCUT2D eigenvalue weighted by molar-refractivity contribution is 5.92. The van der Waals surface area contributed by atoms with Crippen LogP contribution in [-0.2, 0) is 19.3 Å². The molecule has 35 heavy (non-hydrogen) atoms. The predicted octanol–water partition coefficient (Wildman–Crippen LogP) is 7.31. The molecule has 0 fully saturated rings. The van der Waals surface area contributed by atoms with Crippen LogP contribution < -0.4 is 5.73 Å². The zero-order chi connectivity index (χ0) is 23.5. The lowest BCUT2D eigenvalue weighted by molar-refractivity contribution is 0.667. The van der Waals surface area contributed by atoms with Crippen LogP contribution in [0.2, 0.25) is 0 Å². The Morgan fingerprint density at radius 2 is 1.57 bits per heavy atom. The van der Waals surface area contributed by atoms with Crippen LogP contribution in [0.15, 0.2) is 78.9 Å². The van der Waals surface area contributed by atoms with Gasteiger partial charge in [0.2, 0.25) is 0 Å². The summed E-state index contributed by atoms with van der Waals surface area (Å²) in [6, 6.07) is 28.3. The molecule has 0 amide bonds. The van der Waals surface area contributed by atoms with Gasteiger partial charge in [-0.3, -0.25) is 0 Å². The summed E-state index contributed by atoms with van der Waals surface area (Å²) in [6.45, 7) is 0. The van der Waals surface area contributed by atoms with Gasteiger partial charge >= 0.3 is 0 Å². The lowest BCUT2D eigenvalue weighted by atomic mass is 9.94. The van der Waals surface area contributed by atoms with E-state index in [1.807, 2.05) is 6.07 Å². The van der Waals surface area contributed by atoms with Crippen LogP contribution >= 0.6 is 0 Å². The van der Waals surface area contributed by atoms with E-state index in [-0.39, 0.29) is 0 Å². The molecule has 5 aromatic rings. The van der Waals surface area contributed by atoms with Gasteiger partial charge in [-0.05, 0) is 95.8 Å². The van der Waals surface area contributed by atoms with E-state index in [1.165, 1.54) is 68.4 Å². The molecule has 0 bridgehead atoms. The summed E-state index contributed by atoms with van der Waals surface area (Å²) in [5, 5.41) is 1.36. The van der Waals surface area contributed by atoms with E-state index < -0.39 is 0 Å². The van der Waals surface area contributed by atoms with Crippen molar-refractivity contribution < 1.29 is 0 Å².